The van der Waals surface area contributed by atoms with Gasteiger partial charge in [-0.2, -0.15) is 0 Å². The Morgan fingerprint density at radius 2 is 1.53 bits per heavy atom. The van der Waals surface area contributed by atoms with Crippen LogP contribution in [-0.2, 0) is 9.59 Å². The first-order chi connectivity index (χ1) is 14.5. The van der Waals surface area contributed by atoms with E-state index in [2.05, 4.69) is 12.1 Å². The van der Waals surface area contributed by atoms with Gasteiger partial charge >= 0.3 is 0 Å². The second-order valence-corrected chi connectivity index (χ2v) is 8.73. The number of rotatable bonds is 6. The van der Waals surface area contributed by atoms with Crippen LogP contribution in [0, 0.1) is 5.92 Å². The van der Waals surface area contributed by atoms with Crippen LogP contribution >= 0.6 is 11.8 Å². The van der Waals surface area contributed by atoms with Crippen LogP contribution in [0.5, 0.6) is 0 Å². The first kappa shape index (κ1) is 20.5. The van der Waals surface area contributed by atoms with E-state index in [0.29, 0.717) is 42.6 Å². The number of hydrogen-bond acceptors (Lipinski definition) is 4. The Morgan fingerprint density at radius 3 is 2.23 bits per heavy atom. The molecule has 6 nitrogen and oxygen atoms in total. The van der Waals surface area contributed by atoms with Crippen LogP contribution < -0.4 is 5.73 Å². The highest BCUT2D eigenvalue weighted by Gasteiger charge is 2.46. The van der Waals surface area contributed by atoms with E-state index in [9.17, 15) is 14.4 Å². The summed E-state index contributed by atoms with van der Waals surface area (Å²) < 4.78 is 0. The number of benzene rings is 2. The summed E-state index contributed by atoms with van der Waals surface area (Å²) in [4.78, 5) is 41.3. The maximum absolute atomic E-state index is 12.8. The topological polar surface area (TPSA) is 83.7 Å². The Hall–Kier alpha value is -2.80. The summed E-state index contributed by atoms with van der Waals surface area (Å²) >= 11 is 1.32. The van der Waals surface area contributed by atoms with Gasteiger partial charge in [0, 0.05) is 37.0 Å². The Balaban J connectivity index is 1.25. The first-order valence-electron chi connectivity index (χ1n) is 10.2. The molecule has 1 aliphatic heterocycles. The fourth-order valence-electron chi connectivity index (χ4n) is 3.97. The average Bonchev–Trinajstić information content (AvgIpc) is 3.59. The predicted molar refractivity (Wildman–Crippen MR) is 116 cm³/mol. The van der Waals surface area contributed by atoms with Crippen LogP contribution in [0.3, 0.4) is 0 Å². The lowest BCUT2D eigenvalue weighted by molar-refractivity contribution is -0.139. The van der Waals surface area contributed by atoms with E-state index in [4.69, 9.17) is 5.73 Å². The minimum Gasteiger partial charge on any atom is -0.366 e. The monoisotopic (exact) mass is 423 g/mol. The van der Waals surface area contributed by atoms with E-state index in [-0.39, 0.29) is 23.5 Å². The Morgan fingerprint density at radius 1 is 0.900 bits per heavy atom. The quantitative estimate of drug-likeness (QED) is 0.723. The van der Waals surface area contributed by atoms with Gasteiger partial charge in [-0.15, -0.1) is 11.8 Å². The molecular formula is C23H25N3O3S. The highest BCUT2D eigenvalue weighted by atomic mass is 32.2. The molecule has 2 aromatic rings. The Kier molecular flexibility index (Phi) is 6.08. The SMILES string of the molecule is NC(=O)c1ccccc1SCC(=O)N1CCN(C(=O)[C@@H]2C[C@H]2c2ccccc2)CC1. The number of nitrogens with zero attached hydrogens (tertiary/aromatic N) is 2. The third-order valence-electron chi connectivity index (χ3n) is 5.78. The minimum atomic E-state index is -0.494. The van der Waals surface area contributed by atoms with Gasteiger partial charge in [0.25, 0.3) is 0 Å². The number of amides is 3. The van der Waals surface area contributed by atoms with Crippen LogP contribution in [0.25, 0.3) is 0 Å². The zero-order chi connectivity index (χ0) is 21.1. The van der Waals surface area contributed by atoms with Crippen molar-refractivity contribution in [1.29, 1.82) is 0 Å². The molecule has 0 bridgehead atoms. The highest BCUT2D eigenvalue weighted by Crippen LogP contribution is 2.48. The standard InChI is InChI=1S/C23H25N3O3S/c24-22(28)17-8-4-5-9-20(17)30-15-21(27)25-10-12-26(13-11-25)23(29)19-14-18(19)16-6-2-1-3-7-16/h1-9,18-19H,10-15H2,(H2,24,28)/t18-,19+/m0/s1. The van der Waals surface area contributed by atoms with Gasteiger partial charge < -0.3 is 15.5 Å². The van der Waals surface area contributed by atoms with Gasteiger partial charge in [0.05, 0.1) is 11.3 Å². The molecule has 4 rings (SSSR count). The summed E-state index contributed by atoms with van der Waals surface area (Å²) in [5.74, 6) is 0.388. The van der Waals surface area contributed by atoms with Crippen molar-refractivity contribution < 1.29 is 14.4 Å². The zero-order valence-electron chi connectivity index (χ0n) is 16.7. The molecule has 0 unspecified atom stereocenters. The number of carbonyl (C=O) groups is 3. The molecular weight excluding hydrogens is 398 g/mol. The van der Waals surface area contributed by atoms with Gasteiger partial charge in [0.2, 0.25) is 17.7 Å². The van der Waals surface area contributed by atoms with E-state index >= 15 is 0 Å². The summed E-state index contributed by atoms with van der Waals surface area (Å²) in [6, 6.07) is 17.2. The number of thioether (sulfide) groups is 1. The van der Waals surface area contributed by atoms with E-state index < -0.39 is 5.91 Å². The van der Waals surface area contributed by atoms with E-state index in [1.54, 1.807) is 23.1 Å². The van der Waals surface area contributed by atoms with Crippen LogP contribution in [0.15, 0.2) is 59.5 Å². The second-order valence-electron chi connectivity index (χ2n) is 7.71. The van der Waals surface area contributed by atoms with Crippen molar-refractivity contribution in [1.82, 2.24) is 9.80 Å². The van der Waals surface area contributed by atoms with Gasteiger partial charge in [-0.25, -0.2) is 0 Å². The van der Waals surface area contributed by atoms with Crippen LogP contribution in [0.2, 0.25) is 0 Å². The molecule has 2 aromatic carbocycles. The molecule has 156 valence electrons. The summed E-state index contributed by atoms with van der Waals surface area (Å²) in [6.07, 6.45) is 0.915. The predicted octanol–water partition coefficient (Wildman–Crippen LogP) is 2.35. The van der Waals surface area contributed by atoms with Crippen molar-refractivity contribution in [3.63, 3.8) is 0 Å². The van der Waals surface area contributed by atoms with Crippen LogP contribution in [-0.4, -0.2) is 59.5 Å². The van der Waals surface area contributed by atoms with E-state index in [1.165, 1.54) is 17.3 Å². The molecule has 1 heterocycles. The maximum atomic E-state index is 12.8. The number of nitrogens with two attached hydrogens (primary N) is 1. The Labute approximate surface area is 180 Å². The minimum absolute atomic E-state index is 0.0138. The lowest BCUT2D eigenvalue weighted by Gasteiger charge is -2.35. The molecule has 3 amide bonds. The van der Waals surface area contributed by atoms with E-state index in [1.807, 2.05) is 29.2 Å². The number of hydrogen-bond donors (Lipinski definition) is 1. The molecule has 2 N–H and O–H groups in total. The molecule has 2 fully saturated rings. The molecule has 0 radical (unpaired) electrons. The van der Waals surface area contributed by atoms with Gasteiger partial charge in [0.15, 0.2) is 0 Å². The van der Waals surface area contributed by atoms with Crippen molar-refractivity contribution in [2.24, 2.45) is 11.7 Å². The lowest BCUT2D eigenvalue weighted by Crippen LogP contribution is -2.51. The second kappa shape index (κ2) is 8.92. The third-order valence-corrected chi connectivity index (χ3v) is 6.84. The van der Waals surface area contributed by atoms with Crippen molar-refractivity contribution in [2.75, 3.05) is 31.9 Å². The van der Waals surface area contributed by atoms with Crippen molar-refractivity contribution in [3.05, 3.63) is 65.7 Å². The average molecular weight is 424 g/mol. The van der Waals surface area contributed by atoms with Gasteiger partial charge in [0.1, 0.15) is 0 Å². The van der Waals surface area contributed by atoms with Crippen molar-refractivity contribution >= 4 is 29.5 Å². The zero-order valence-corrected chi connectivity index (χ0v) is 17.5. The smallest absolute Gasteiger partial charge is 0.249 e. The van der Waals surface area contributed by atoms with Crippen LogP contribution in [0.1, 0.15) is 28.3 Å². The molecule has 1 aliphatic carbocycles. The lowest BCUT2D eigenvalue weighted by atomic mass is 10.1. The molecule has 1 saturated carbocycles. The fourth-order valence-corrected chi connectivity index (χ4v) is 4.93. The highest BCUT2D eigenvalue weighted by molar-refractivity contribution is 8.00. The summed E-state index contributed by atoms with van der Waals surface area (Å²) in [7, 11) is 0. The largest absolute Gasteiger partial charge is 0.366 e. The van der Waals surface area contributed by atoms with Crippen molar-refractivity contribution in [2.45, 2.75) is 17.2 Å². The normalized spacial score (nSPS) is 20.7. The molecule has 1 saturated heterocycles. The first-order valence-corrected chi connectivity index (χ1v) is 11.2. The molecule has 30 heavy (non-hydrogen) atoms. The van der Waals surface area contributed by atoms with E-state index in [0.717, 1.165) is 6.42 Å². The molecule has 2 atom stereocenters. The molecule has 2 aliphatic rings. The Bertz CT molecular complexity index is 942. The number of primary amides is 1. The summed E-state index contributed by atoms with van der Waals surface area (Å²) in [5.41, 5.74) is 7.07. The maximum Gasteiger partial charge on any atom is 0.249 e. The number of piperazine rings is 1. The van der Waals surface area contributed by atoms with Gasteiger partial charge in [-0.1, -0.05) is 42.5 Å². The third kappa shape index (κ3) is 4.51. The van der Waals surface area contributed by atoms with Gasteiger partial charge in [-0.05, 0) is 30.0 Å². The molecule has 0 spiro atoms. The van der Waals surface area contributed by atoms with Crippen molar-refractivity contribution in [3.8, 4) is 0 Å². The van der Waals surface area contributed by atoms with Crippen LogP contribution in [0.4, 0.5) is 0 Å². The summed E-state index contributed by atoms with van der Waals surface area (Å²) in [6.45, 7) is 2.24. The fraction of sp³-hybridized carbons (Fsp3) is 0.348. The molecule has 7 heteroatoms. The molecule has 0 aromatic heterocycles. The number of carbonyl (C=O) groups excluding carboxylic acids is 3. The summed E-state index contributed by atoms with van der Waals surface area (Å²) in [5, 5.41) is 0. The van der Waals surface area contributed by atoms with Gasteiger partial charge in [-0.3, -0.25) is 14.4 Å².